The topological polar surface area (TPSA) is 85.1 Å². The van der Waals surface area contributed by atoms with E-state index in [0.29, 0.717) is 33.6 Å². The summed E-state index contributed by atoms with van der Waals surface area (Å²) in [5.41, 5.74) is 2.27. The maximum atomic E-state index is 12.8. The van der Waals surface area contributed by atoms with E-state index in [2.05, 4.69) is 14.9 Å². The zero-order valence-electron chi connectivity index (χ0n) is 15.3. The van der Waals surface area contributed by atoms with E-state index in [4.69, 9.17) is 16.0 Å². The summed E-state index contributed by atoms with van der Waals surface area (Å²) >= 11 is 6.06. The molecular formula is C21H16ClN3O3S. The minimum Gasteiger partial charge on any atom is -0.416 e. The van der Waals surface area contributed by atoms with E-state index in [9.17, 15) is 8.42 Å². The molecule has 6 nitrogen and oxygen atoms in total. The van der Waals surface area contributed by atoms with E-state index >= 15 is 0 Å². The van der Waals surface area contributed by atoms with Crippen LogP contribution in [-0.4, -0.2) is 18.6 Å². The van der Waals surface area contributed by atoms with Crippen LogP contribution in [0.15, 0.2) is 82.1 Å². The molecule has 0 radical (unpaired) electrons. The smallest absolute Gasteiger partial charge is 0.262 e. The molecule has 0 saturated heterocycles. The second kappa shape index (κ2) is 7.69. The third-order valence-corrected chi connectivity index (χ3v) is 6.25. The Hall–Kier alpha value is -3.16. The average molecular weight is 426 g/mol. The lowest BCUT2D eigenvalue weighted by Gasteiger charge is -2.11. The molecule has 1 heterocycles. The molecule has 4 aromatic rings. The average Bonchev–Trinajstić information content (AvgIpc) is 3.21. The Labute approximate surface area is 173 Å². The molecule has 0 aliphatic rings. The molecule has 0 atom stereocenters. The van der Waals surface area contributed by atoms with Gasteiger partial charge in [0.2, 0.25) is 11.8 Å². The SMILES string of the molecule is Cc1c(Cl)cccc1S(=O)(=O)Nc1cccc(-c2nnc(-c3ccccc3)o2)c1. The van der Waals surface area contributed by atoms with Gasteiger partial charge in [-0.2, -0.15) is 0 Å². The molecule has 1 aromatic heterocycles. The first-order valence-electron chi connectivity index (χ1n) is 8.71. The molecule has 3 aromatic carbocycles. The van der Waals surface area contributed by atoms with Crippen molar-refractivity contribution in [3.8, 4) is 22.9 Å². The molecule has 29 heavy (non-hydrogen) atoms. The van der Waals surface area contributed by atoms with Gasteiger partial charge in [-0.15, -0.1) is 10.2 Å². The fourth-order valence-electron chi connectivity index (χ4n) is 2.84. The van der Waals surface area contributed by atoms with Gasteiger partial charge in [0.1, 0.15) is 0 Å². The van der Waals surface area contributed by atoms with Crippen LogP contribution in [0.2, 0.25) is 5.02 Å². The summed E-state index contributed by atoms with van der Waals surface area (Å²) in [6.07, 6.45) is 0. The van der Waals surface area contributed by atoms with Crippen LogP contribution < -0.4 is 4.72 Å². The first kappa shape index (κ1) is 19.2. The standard InChI is InChI=1S/C21H16ClN3O3S/c1-14-18(22)11-6-12-19(14)29(26,27)25-17-10-5-9-16(13-17)21-24-23-20(28-21)15-7-3-2-4-8-15/h2-13,25H,1H3. The second-order valence-corrected chi connectivity index (χ2v) is 8.39. The first-order valence-corrected chi connectivity index (χ1v) is 10.6. The summed E-state index contributed by atoms with van der Waals surface area (Å²) in [5, 5.41) is 8.53. The molecule has 0 aliphatic carbocycles. The van der Waals surface area contributed by atoms with Crippen LogP contribution in [-0.2, 0) is 10.0 Å². The van der Waals surface area contributed by atoms with E-state index < -0.39 is 10.0 Å². The van der Waals surface area contributed by atoms with Crippen molar-refractivity contribution in [3.05, 3.63) is 83.4 Å². The second-order valence-electron chi connectivity index (χ2n) is 6.33. The van der Waals surface area contributed by atoms with Crippen LogP contribution in [0.1, 0.15) is 5.56 Å². The molecule has 0 unspecified atom stereocenters. The third kappa shape index (κ3) is 4.01. The van der Waals surface area contributed by atoms with E-state index in [1.54, 1.807) is 43.3 Å². The Morgan fingerprint density at radius 1 is 0.862 bits per heavy atom. The molecule has 4 rings (SSSR count). The molecule has 1 N–H and O–H groups in total. The lowest BCUT2D eigenvalue weighted by atomic mass is 10.2. The highest BCUT2D eigenvalue weighted by Crippen LogP contribution is 2.28. The number of halogens is 1. The van der Waals surface area contributed by atoms with Crippen LogP contribution in [0.5, 0.6) is 0 Å². The van der Waals surface area contributed by atoms with E-state index in [1.165, 1.54) is 6.07 Å². The van der Waals surface area contributed by atoms with Crippen molar-refractivity contribution >= 4 is 27.3 Å². The van der Waals surface area contributed by atoms with Crippen molar-refractivity contribution < 1.29 is 12.8 Å². The lowest BCUT2D eigenvalue weighted by molar-refractivity contribution is 0.584. The zero-order chi connectivity index (χ0) is 20.4. The Morgan fingerprint density at radius 2 is 1.52 bits per heavy atom. The number of rotatable bonds is 5. The molecule has 0 aliphatic heterocycles. The van der Waals surface area contributed by atoms with Gasteiger partial charge in [0.15, 0.2) is 0 Å². The maximum absolute atomic E-state index is 12.8. The number of anilines is 1. The van der Waals surface area contributed by atoms with Gasteiger partial charge >= 0.3 is 0 Å². The van der Waals surface area contributed by atoms with Crippen LogP contribution in [0.25, 0.3) is 22.9 Å². The van der Waals surface area contributed by atoms with Gasteiger partial charge in [-0.05, 0) is 55.0 Å². The monoisotopic (exact) mass is 425 g/mol. The zero-order valence-corrected chi connectivity index (χ0v) is 16.9. The van der Waals surface area contributed by atoms with E-state index in [1.807, 2.05) is 30.3 Å². The molecule has 0 fully saturated rings. The first-order chi connectivity index (χ1) is 13.9. The summed E-state index contributed by atoms with van der Waals surface area (Å²) in [4.78, 5) is 0.125. The van der Waals surface area contributed by atoms with Gasteiger partial charge in [-0.3, -0.25) is 4.72 Å². The summed E-state index contributed by atoms with van der Waals surface area (Å²) < 4.78 is 33.9. The minimum absolute atomic E-state index is 0.125. The molecule has 0 amide bonds. The molecular weight excluding hydrogens is 410 g/mol. The highest BCUT2D eigenvalue weighted by molar-refractivity contribution is 7.92. The minimum atomic E-state index is -3.80. The van der Waals surface area contributed by atoms with Gasteiger partial charge < -0.3 is 4.42 Å². The third-order valence-electron chi connectivity index (χ3n) is 4.31. The highest BCUT2D eigenvalue weighted by Gasteiger charge is 2.19. The summed E-state index contributed by atoms with van der Waals surface area (Å²) in [6.45, 7) is 1.66. The van der Waals surface area contributed by atoms with Gasteiger partial charge in [0.25, 0.3) is 10.0 Å². The predicted octanol–water partition coefficient (Wildman–Crippen LogP) is 5.17. The van der Waals surface area contributed by atoms with Crippen LogP contribution in [0, 0.1) is 6.92 Å². The Morgan fingerprint density at radius 3 is 2.28 bits per heavy atom. The van der Waals surface area contributed by atoms with E-state index in [0.717, 1.165) is 5.56 Å². The van der Waals surface area contributed by atoms with Crippen molar-refractivity contribution in [2.75, 3.05) is 4.72 Å². The van der Waals surface area contributed by atoms with E-state index in [-0.39, 0.29) is 4.90 Å². The Kier molecular flexibility index (Phi) is 5.08. The molecule has 0 spiro atoms. The van der Waals surface area contributed by atoms with Gasteiger partial charge in [0.05, 0.1) is 4.90 Å². The fraction of sp³-hybridized carbons (Fsp3) is 0.0476. The Bertz CT molecular complexity index is 1270. The molecule has 146 valence electrons. The number of hydrogen-bond acceptors (Lipinski definition) is 5. The molecule has 8 heteroatoms. The largest absolute Gasteiger partial charge is 0.416 e. The summed E-state index contributed by atoms with van der Waals surface area (Å²) in [7, 11) is -3.80. The summed E-state index contributed by atoms with van der Waals surface area (Å²) in [6, 6.07) is 20.9. The van der Waals surface area contributed by atoms with Crippen molar-refractivity contribution in [1.82, 2.24) is 10.2 Å². The van der Waals surface area contributed by atoms with Crippen LogP contribution in [0.3, 0.4) is 0 Å². The summed E-state index contributed by atoms with van der Waals surface area (Å²) in [5.74, 6) is 0.685. The number of benzene rings is 3. The Balaban J connectivity index is 1.63. The van der Waals surface area contributed by atoms with Crippen molar-refractivity contribution in [1.29, 1.82) is 0 Å². The van der Waals surface area contributed by atoms with Crippen molar-refractivity contribution in [3.63, 3.8) is 0 Å². The highest BCUT2D eigenvalue weighted by atomic mass is 35.5. The van der Waals surface area contributed by atoms with Crippen LogP contribution in [0.4, 0.5) is 5.69 Å². The maximum Gasteiger partial charge on any atom is 0.262 e. The van der Waals surface area contributed by atoms with Gasteiger partial charge in [-0.25, -0.2) is 8.42 Å². The number of sulfonamides is 1. The van der Waals surface area contributed by atoms with Gasteiger partial charge in [0, 0.05) is 21.8 Å². The normalized spacial score (nSPS) is 11.4. The quantitative estimate of drug-likeness (QED) is 0.477. The lowest BCUT2D eigenvalue weighted by Crippen LogP contribution is -2.14. The number of nitrogens with one attached hydrogen (secondary N) is 1. The van der Waals surface area contributed by atoms with Crippen molar-refractivity contribution in [2.24, 2.45) is 0 Å². The fourth-order valence-corrected chi connectivity index (χ4v) is 4.39. The van der Waals surface area contributed by atoms with Crippen LogP contribution >= 0.6 is 11.6 Å². The predicted molar refractivity (Wildman–Crippen MR) is 112 cm³/mol. The molecule has 0 saturated carbocycles. The van der Waals surface area contributed by atoms with Crippen molar-refractivity contribution in [2.45, 2.75) is 11.8 Å². The number of hydrogen-bond donors (Lipinski definition) is 1. The van der Waals surface area contributed by atoms with Gasteiger partial charge in [-0.1, -0.05) is 41.9 Å². The number of aromatic nitrogens is 2. The number of nitrogens with zero attached hydrogens (tertiary/aromatic N) is 2. The molecule has 0 bridgehead atoms.